The number of alkyl halides is 3. The molecule has 1 aliphatic heterocycles. The molecule has 624 valence electrons. The number of aryl methyl sites for hydroxylation is 2. The molecule has 2 amide bonds. The number of aliphatic hydroxyl groups excluding tert-OH is 1. The Morgan fingerprint density at radius 1 is 0.556 bits per heavy atom. The summed E-state index contributed by atoms with van der Waals surface area (Å²) >= 11 is 0. The minimum absolute atomic E-state index is 0.00694. The van der Waals surface area contributed by atoms with Crippen molar-refractivity contribution >= 4 is 17.8 Å². The first-order valence-corrected chi connectivity index (χ1v) is 36.6. The van der Waals surface area contributed by atoms with Crippen molar-refractivity contribution in [1.82, 2.24) is 103 Å². The van der Waals surface area contributed by atoms with Crippen LogP contribution in [0.2, 0.25) is 0 Å². The van der Waals surface area contributed by atoms with Gasteiger partial charge in [-0.1, -0.05) is 309 Å². The molecule has 8 aromatic rings. The topological polar surface area (TPSA) is 380 Å². The zero-order chi connectivity index (χ0) is 86.8. The van der Waals surface area contributed by atoms with Gasteiger partial charge in [-0.05, 0) is 52.6 Å². The summed E-state index contributed by atoms with van der Waals surface area (Å²) in [6.07, 6.45) is 4.29. The summed E-state index contributed by atoms with van der Waals surface area (Å²) in [5, 5.41) is 62.2. The molecule has 0 atom stereocenters. The number of tetrazole rings is 2. The van der Waals surface area contributed by atoms with Crippen LogP contribution in [0.1, 0.15) is 315 Å². The van der Waals surface area contributed by atoms with Crippen molar-refractivity contribution in [3.05, 3.63) is 130 Å². The molecule has 1 saturated heterocycles. The van der Waals surface area contributed by atoms with Gasteiger partial charge in [-0.2, -0.15) is 54.2 Å². The largest absolute Gasteiger partial charge is 0.472 e. The molecule has 1 fully saturated rings. The third-order valence-corrected chi connectivity index (χ3v) is 9.90. The standard InChI is InChI=1S/C10H14.C7H10F3N3.C7H12N4O.C7H13N3.C6H12N4.C6H6O2.C5H10N4.3C5H12.C3H6N2O.C3H3NO.4C2H6.CH4O/c1-10(2,3)9-7-5-4-6-8-9;1-6(2,3)4-11-5(13-12-4)7(8,9)10;1-7(2,3)5(12)10-6-8-4-9-11-6;1-5-6(7(2,3)4)9-10-8-5;1-6(2,3)4-5-7-9-10-8-5;1-5-4-8-3-2-6(5)7;1-5(2,3)4-6-8-9-7-4;3*1-5(2,3)4;6-3-1-2-4-5-3;1-2-4-5-3-1;5*1-2/h4-8H,1-3H3;1-3H3,(H,11,12,13);4H,1-3H3,(H2,8,9,10,11,12);1-4H3,(H,8,9,10);4H2,1-3H3,(H,7,8,9,10);2-4H,1H3;1-3H3,(H,6,7,8,9);3*1-4H3;4H,1-2H2,(H,5,6);1-3H;4*1-2H3;2H,1H3. The summed E-state index contributed by atoms with van der Waals surface area (Å²) in [6, 6.07) is 13.7. The number of aromatic nitrogens is 18. The second-order valence-electron chi connectivity index (χ2n) is 33.5. The van der Waals surface area contributed by atoms with E-state index < -0.39 is 22.8 Å². The first-order valence-electron chi connectivity index (χ1n) is 36.6. The van der Waals surface area contributed by atoms with Gasteiger partial charge in [0.05, 0.1) is 30.1 Å². The highest BCUT2D eigenvalue weighted by atomic mass is 19.4. The van der Waals surface area contributed by atoms with E-state index in [4.69, 9.17) is 5.11 Å². The summed E-state index contributed by atoms with van der Waals surface area (Å²) in [7, 11) is 1.00. The maximum absolute atomic E-state index is 12.1. The van der Waals surface area contributed by atoms with Crippen LogP contribution in [0, 0.1) is 40.9 Å². The van der Waals surface area contributed by atoms with Crippen molar-refractivity contribution in [3.63, 3.8) is 0 Å². The van der Waals surface area contributed by atoms with Gasteiger partial charge in [0.25, 0.3) is 0 Å². The highest BCUT2D eigenvalue weighted by Crippen LogP contribution is 2.28. The number of halogens is 3. The minimum Gasteiger partial charge on any atom is -0.472 e. The normalized spacial score (nSPS) is 11.3. The van der Waals surface area contributed by atoms with E-state index in [1.807, 2.05) is 109 Å². The lowest BCUT2D eigenvalue weighted by Gasteiger charge is -2.18. The number of anilines is 1. The Morgan fingerprint density at radius 2 is 1.04 bits per heavy atom. The van der Waals surface area contributed by atoms with Gasteiger partial charge in [0.2, 0.25) is 23.6 Å². The van der Waals surface area contributed by atoms with Crippen molar-refractivity contribution < 1.29 is 36.8 Å². The monoisotopic (exact) mass is 1530 g/mol. The van der Waals surface area contributed by atoms with Crippen LogP contribution in [0.3, 0.4) is 0 Å². The fraction of sp³-hybridized carbons (Fsp3) is 0.692. The second-order valence-corrected chi connectivity index (χ2v) is 33.5. The average Bonchev–Trinajstić information content (AvgIpc) is 1.66. The predicted octanol–water partition coefficient (Wildman–Crippen LogP) is 19.1. The van der Waals surface area contributed by atoms with E-state index in [1.54, 1.807) is 40.0 Å². The van der Waals surface area contributed by atoms with Gasteiger partial charge in [-0.3, -0.25) is 30.2 Å². The number of hydrazine groups is 1. The van der Waals surface area contributed by atoms with Crippen LogP contribution in [0.4, 0.5) is 19.1 Å². The van der Waals surface area contributed by atoms with E-state index in [1.165, 1.54) is 36.7 Å². The fourth-order valence-electron chi connectivity index (χ4n) is 5.44. The molecule has 30 heteroatoms. The minimum atomic E-state index is -4.45. The number of rotatable bonds is 2. The first kappa shape index (κ1) is 115. The van der Waals surface area contributed by atoms with E-state index in [0.717, 1.165) is 43.1 Å². The molecule has 0 aliphatic carbocycles. The Bertz CT molecular complexity index is 3210. The van der Waals surface area contributed by atoms with Crippen LogP contribution in [0.25, 0.3) is 0 Å². The van der Waals surface area contributed by atoms with Crippen LogP contribution < -0.4 is 21.6 Å². The molecule has 1 aromatic carbocycles. The lowest BCUT2D eigenvalue weighted by atomic mass is 9.87. The van der Waals surface area contributed by atoms with Gasteiger partial charge in [0.15, 0.2) is 22.9 Å². The number of carbonyl (C=O) groups is 2. The van der Waals surface area contributed by atoms with E-state index in [9.17, 15) is 27.6 Å². The molecular formula is C78H150F3N21O6. The van der Waals surface area contributed by atoms with Crippen LogP contribution in [-0.4, -0.2) is 123 Å². The highest BCUT2D eigenvalue weighted by Gasteiger charge is 2.36. The molecule has 7 aromatic heterocycles. The number of nitrogens with zero attached hydrogens (tertiary/aromatic N) is 13. The van der Waals surface area contributed by atoms with Crippen LogP contribution in [-0.2, 0) is 43.8 Å². The lowest BCUT2D eigenvalue weighted by molar-refractivity contribution is -0.144. The Balaban J connectivity index is -0.000000168. The smallest absolute Gasteiger partial charge is 0.451 e. The number of H-pyrrole nitrogens is 5. The van der Waals surface area contributed by atoms with Gasteiger partial charge in [-0.15, -0.1) is 20.4 Å². The fourth-order valence-corrected chi connectivity index (χ4v) is 5.44. The number of aromatic amines is 5. The summed E-state index contributed by atoms with van der Waals surface area (Å²) in [4.78, 5) is 39.1. The van der Waals surface area contributed by atoms with Crippen LogP contribution >= 0.6 is 0 Å². The highest BCUT2D eigenvalue weighted by molar-refractivity contribution is 5.92. The zero-order valence-electron chi connectivity index (χ0n) is 74.5. The van der Waals surface area contributed by atoms with E-state index >= 15 is 0 Å². The molecule has 27 nitrogen and oxygen atoms in total. The molecule has 0 saturated carbocycles. The maximum Gasteiger partial charge on any atom is 0.451 e. The molecule has 8 heterocycles. The molecule has 9 N–H and O–H groups in total. The molecular weight excluding hydrogens is 1380 g/mol. The number of aliphatic hydroxyl groups is 1. The van der Waals surface area contributed by atoms with E-state index in [0.29, 0.717) is 39.6 Å². The quantitative estimate of drug-likeness (QED) is 0.0776. The lowest BCUT2D eigenvalue weighted by Crippen LogP contribution is -2.28. The van der Waals surface area contributed by atoms with Gasteiger partial charge in [0.1, 0.15) is 12.6 Å². The third kappa shape index (κ3) is 78.7. The molecule has 0 unspecified atom stereocenters. The predicted molar refractivity (Wildman–Crippen MR) is 436 cm³/mol. The van der Waals surface area contributed by atoms with E-state index in [-0.39, 0.29) is 39.3 Å². The molecule has 108 heavy (non-hydrogen) atoms. The Morgan fingerprint density at radius 3 is 1.26 bits per heavy atom. The third-order valence-electron chi connectivity index (χ3n) is 9.90. The van der Waals surface area contributed by atoms with E-state index in [2.05, 4.69) is 288 Å². The number of hydrogen-bond acceptors (Lipinski definition) is 20. The summed E-state index contributed by atoms with van der Waals surface area (Å²) in [6.45, 7) is 83.0. The van der Waals surface area contributed by atoms with Crippen molar-refractivity contribution in [2.75, 3.05) is 19.0 Å². The van der Waals surface area contributed by atoms with Crippen LogP contribution in [0.5, 0.6) is 0 Å². The summed E-state index contributed by atoms with van der Waals surface area (Å²) in [5.74, 6) is 1.05. The van der Waals surface area contributed by atoms with Gasteiger partial charge in [-0.25, -0.2) is 15.5 Å². The maximum atomic E-state index is 12.1. The Kier molecular flexibility index (Phi) is 63.6. The molecule has 0 radical (unpaired) electrons. The molecule has 9 rings (SSSR count). The number of nitrogens with one attached hydrogen (secondary N) is 8. The van der Waals surface area contributed by atoms with Gasteiger partial charge in [0, 0.05) is 59.8 Å². The van der Waals surface area contributed by atoms with Gasteiger partial charge < -0.3 is 14.0 Å². The Labute approximate surface area is 648 Å². The van der Waals surface area contributed by atoms with Crippen molar-refractivity contribution in [1.29, 1.82) is 0 Å². The number of amides is 2. The average molecular weight is 1540 g/mol. The zero-order valence-corrected chi connectivity index (χ0v) is 74.5. The number of carbonyl (C=O) groups excluding carboxylic acids is 2. The molecule has 0 spiro atoms. The second kappa shape index (κ2) is 59.5. The van der Waals surface area contributed by atoms with Crippen molar-refractivity contribution in [2.45, 2.75) is 318 Å². The van der Waals surface area contributed by atoms with Crippen molar-refractivity contribution in [2.24, 2.45) is 27.1 Å². The first-order chi connectivity index (χ1) is 49.2. The van der Waals surface area contributed by atoms with Crippen LogP contribution in [0.15, 0.2) is 87.5 Å². The number of hydrogen-bond donors (Lipinski definition) is 9. The summed E-state index contributed by atoms with van der Waals surface area (Å²) in [5.41, 5.74) is 10.5. The van der Waals surface area contributed by atoms with Crippen molar-refractivity contribution in [3.8, 4) is 0 Å². The SMILES string of the molecule is CC.CC.CC.CC.CC(C)(C)C.CC(C)(C)C.CC(C)(C)C.CC(C)(C)C(=O)Nc1ncn[nH]1.CC(C)(C)Cc1nn[nH]n1.CC(C)(C)c1ccccc1.CC(C)(C)c1n[nH]c(C(F)(F)F)n1.CC(C)(C)c1nn[nH]n1.CO.Cc1coccc1=O.Cc1n[nH]nc1C(C)(C)C.O=C1CCNN1.c1cnoc1. The summed E-state index contributed by atoms with van der Waals surface area (Å²) < 4.78 is 45.2. The number of benzene rings is 1. The van der Waals surface area contributed by atoms with Gasteiger partial charge >= 0.3 is 6.18 Å². The molecule has 1 aliphatic rings. The molecule has 0 bridgehead atoms. The Hall–Kier alpha value is -8.41.